The van der Waals surface area contributed by atoms with E-state index < -0.39 is 0 Å². The fraction of sp³-hybridized carbons (Fsp3) is 0.128. The third-order valence-corrected chi connectivity index (χ3v) is 10.3. The van der Waals surface area contributed by atoms with E-state index in [1.807, 2.05) is 0 Å². The Balaban J connectivity index is 1.25. The largest absolute Gasteiger partial charge is 0.310 e. The molecule has 0 radical (unpaired) electrons. The topological polar surface area (TPSA) is 16.1 Å². The van der Waals surface area contributed by atoms with E-state index in [2.05, 4.69) is 202 Å². The van der Waals surface area contributed by atoms with Crippen LogP contribution in [0.3, 0.4) is 0 Å². The van der Waals surface area contributed by atoms with Crippen LogP contribution in [0, 0.1) is 0 Å². The van der Waals surface area contributed by atoms with Crippen LogP contribution in [0.25, 0.3) is 33.6 Å². The Bertz CT molecular complexity index is 2160. The summed E-state index contributed by atoms with van der Waals surface area (Å²) in [6.45, 7) is 9.53. The molecule has 0 N–H and O–H groups in total. The molecule has 1 aliphatic rings. The third-order valence-electron chi connectivity index (χ3n) is 10.3. The number of para-hydroxylation sites is 2. The Morgan fingerprint density at radius 2 is 0.776 bits per heavy atom. The molecule has 2 nitrogen and oxygen atoms in total. The summed E-state index contributed by atoms with van der Waals surface area (Å²) >= 11 is 0. The second kappa shape index (κ2) is 12.1. The van der Waals surface area contributed by atoms with Crippen LogP contribution >= 0.6 is 0 Å². The van der Waals surface area contributed by atoms with Crippen molar-refractivity contribution < 1.29 is 0 Å². The molecule has 0 fully saturated rings. The van der Waals surface area contributed by atoms with Crippen LogP contribution in [0.1, 0.15) is 49.9 Å². The number of fused-ring (bicyclic) bond motifs is 2. The maximum atomic E-state index is 5.13. The lowest BCUT2D eigenvalue weighted by atomic mass is 9.59. The Labute approximate surface area is 290 Å². The highest BCUT2D eigenvalue weighted by atomic mass is 15.1. The van der Waals surface area contributed by atoms with Crippen LogP contribution in [-0.2, 0) is 10.8 Å². The van der Waals surface area contributed by atoms with Crippen molar-refractivity contribution in [3.63, 3.8) is 0 Å². The van der Waals surface area contributed by atoms with Gasteiger partial charge >= 0.3 is 0 Å². The molecule has 7 aromatic rings. The molecule has 0 spiro atoms. The molecular weight excluding hydrogens is 593 g/mol. The Morgan fingerprint density at radius 1 is 0.347 bits per heavy atom. The zero-order chi connectivity index (χ0) is 33.6. The zero-order valence-corrected chi connectivity index (χ0v) is 28.6. The molecule has 0 saturated heterocycles. The van der Waals surface area contributed by atoms with Gasteiger partial charge in [0.1, 0.15) is 0 Å². The summed E-state index contributed by atoms with van der Waals surface area (Å²) in [7, 11) is 0. The molecule has 0 aliphatic heterocycles. The summed E-state index contributed by atoms with van der Waals surface area (Å²) in [6, 6.07) is 61.0. The average Bonchev–Trinajstić information content (AvgIpc) is 3.15. The second-order valence-electron chi connectivity index (χ2n) is 14.1. The standard InChI is InChI=1S/C47H40N2/c1-46(2)41-28-26-39(49(37-21-13-7-14-22-37)38-23-15-8-16-24-38)32-43(41)47(3,4)40-27-25-35(29-42(40)46)36-30-44(33-17-9-5-10-18-33)48-45(31-36)34-19-11-6-12-20-34/h5-32H,1-4H3. The van der Waals surface area contributed by atoms with E-state index in [9.17, 15) is 0 Å². The summed E-state index contributed by atoms with van der Waals surface area (Å²) in [5.74, 6) is 0. The highest BCUT2D eigenvalue weighted by Gasteiger charge is 2.42. The van der Waals surface area contributed by atoms with Crippen molar-refractivity contribution in [3.8, 4) is 33.6 Å². The van der Waals surface area contributed by atoms with E-state index in [1.165, 1.54) is 39.1 Å². The van der Waals surface area contributed by atoms with Crippen molar-refractivity contribution in [2.75, 3.05) is 4.90 Å². The first-order chi connectivity index (χ1) is 23.8. The number of rotatable bonds is 6. The van der Waals surface area contributed by atoms with Crippen LogP contribution in [0.4, 0.5) is 17.1 Å². The van der Waals surface area contributed by atoms with Crippen LogP contribution in [0.15, 0.2) is 170 Å². The number of hydrogen-bond acceptors (Lipinski definition) is 2. The lowest BCUT2D eigenvalue weighted by Crippen LogP contribution is -2.36. The van der Waals surface area contributed by atoms with Gasteiger partial charge in [0.25, 0.3) is 0 Å². The minimum absolute atomic E-state index is 0.198. The van der Waals surface area contributed by atoms with Crippen molar-refractivity contribution in [1.82, 2.24) is 4.98 Å². The van der Waals surface area contributed by atoms with Crippen LogP contribution in [0.2, 0.25) is 0 Å². The van der Waals surface area contributed by atoms with Crippen molar-refractivity contribution in [2.45, 2.75) is 38.5 Å². The van der Waals surface area contributed by atoms with Crippen molar-refractivity contribution in [3.05, 3.63) is 192 Å². The molecule has 1 aromatic heterocycles. The van der Waals surface area contributed by atoms with Gasteiger partial charge in [0.15, 0.2) is 0 Å². The molecule has 1 heterocycles. The van der Waals surface area contributed by atoms with Gasteiger partial charge in [0, 0.05) is 39.0 Å². The van der Waals surface area contributed by atoms with Crippen LogP contribution in [-0.4, -0.2) is 4.98 Å². The maximum absolute atomic E-state index is 5.13. The van der Waals surface area contributed by atoms with E-state index in [-0.39, 0.29) is 10.8 Å². The smallest absolute Gasteiger partial charge is 0.0715 e. The highest BCUT2D eigenvalue weighted by Crippen LogP contribution is 2.52. The number of aromatic nitrogens is 1. The van der Waals surface area contributed by atoms with Gasteiger partial charge in [-0.2, -0.15) is 0 Å². The van der Waals surface area contributed by atoms with Gasteiger partial charge in [-0.15, -0.1) is 0 Å². The highest BCUT2D eigenvalue weighted by molar-refractivity contribution is 5.80. The predicted molar refractivity (Wildman–Crippen MR) is 206 cm³/mol. The van der Waals surface area contributed by atoms with Crippen LogP contribution < -0.4 is 4.90 Å². The van der Waals surface area contributed by atoms with Crippen molar-refractivity contribution >= 4 is 17.1 Å². The summed E-state index contributed by atoms with van der Waals surface area (Å²) in [4.78, 5) is 7.49. The summed E-state index contributed by atoms with van der Waals surface area (Å²) in [5.41, 5.74) is 15.1. The molecule has 238 valence electrons. The van der Waals surface area contributed by atoms with E-state index in [0.29, 0.717) is 0 Å². The van der Waals surface area contributed by atoms with E-state index >= 15 is 0 Å². The molecule has 2 heteroatoms. The maximum Gasteiger partial charge on any atom is 0.0715 e. The van der Waals surface area contributed by atoms with Gasteiger partial charge < -0.3 is 4.90 Å². The molecule has 0 unspecified atom stereocenters. The monoisotopic (exact) mass is 632 g/mol. The number of benzene rings is 6. The van der Waals surface area contributed by atoms with Gasteiger partial charge in [0.2, 0.25) is 0 Å². The molecular formula is C47H40N2. The first-order valence-corrected chi connectivity index (χ1v) is 17.1. The normalized spacial score (nSPS) is 14.0. The molecule has 0 atom stereocenters. The molecule has 6 aromatic carbocycles. The summed E-state index contributed by atoms with van der Waals surface area (Å²) in [6.07, 6.45) is 0. The SMILES string of the molecule is CC1(C)c2ccc(N(c3ccccc3)c3ccccc3)cc2C(C)(C)c2ccc(-c3cc(-c4ccccc4)nc(-c4ccccc4)c3)cc21. The first-order valence-electron chi connectivity index (χ1n) is 17.1. The first kappa shape index (κ1) is 30.6. The minimum Gasteiger partial charge on any atom is -0.310 e. The number of hydrogen-bond donors (Lipinski definition) is 0. The fourth-order valence-corrected chi connectivity index (χ4v) is 7.62. The fourth-order valence-electron chi connectivity index (χ4n) is 7.62. The second-order valence-corrected chi connectivity index (χ2v) is 14.1. The van der Waals surface area contributed by atoms with E-state index in [4.69, 9.17) is 4.98 Å². The molecule has 1 aliphatic carbocycles. The molecule has 0 saturated carbocycles. The van der Waals surface area contributed by atoms with E-state index in [1.54, 1.807) is 0 Å². The molecule has 8 rings (SSSR count). The average molecular weight is 633 g/mol. The summed E-state index contributed by atoms with van der Waals surface area (Å²) < 4.78 is 0. The number of nitrogens with zero attached hydrogens (tertiary/aromatic N) is 2. The lowest BCUT2D eigenvalue weighted by Gasteiger charge is -2.44. The third kappa shape index (κ3) is 5.44. The quantitative estimate of drug-likeness (QED) is 0.181. The Kier molecular flexibility index (Phi) is 7.53. The minimum atomic E-state index is -0.198. The van der Waals surface area contributed by atoms with Crippen molar-refractivity contribution in [2.24, 2.45) is 0 Å². The molecule has 0 amide bonds. The summed E-state index contributed by atoms with van der Waals surface area (Å²) in [5, 5.41) is 0. The number of anilines is 3. The van der Waals surface area contributed by atoms with Crippen LogP contribution in [0.5, 0.6) is 0 Å². The van der Waals surface area contributed by atoms with Crippen molar-refractivity contribution in [1.29, 1.82) is 0 Å². The van der Waals surface area contributed by atoms with Gasteiger partial charge in [-0.3, -0.25) is 0 Å². The van der Waals surface area contributed by atoms with E-state index in [0.717, 1.165) is 33.9 Å². The zero-order valence-electron chi connectivity index (χ0n) is 28.6. The van der Waals surface area contributed by atoms with Gasteiger partial charge in [-0.05, 0) is 88.0 Å². The lowest BCUT2D eigenvalue weighted by molar-refractivity contribution is 0.521. The Morgan fingerprint density at radius 3 is 1.27 bits per heavy atom. The molecule has 0 bridgehead atoms. The molecule has 49 heavy (non-hydrogen) atoms. The number of pyridine rings is 1. The van der Waals surface area contributed by atoms with Gasteiger partial charge in [-0.25, -0.2) is 4.98 Å². The van der Waals surface area contributed by atoms with Gasteiger partial charge in [0.05, 0.1) is 11.4 Å². The predicted octanol–water partition coefficient (Wildman–Crippen LogP) is 12.5. The Hall–Kier alpha value is -5.73. The van der Waals surface area contributed by atoms with Gasteiger partial charge in [-0.1, -0.05) is 143 Å².